The minimum Gasteiger partial charge on any atom is -0.478 e. The zero-order chi connectivity index (χ0) is 12.8. The molecule has 0 saturated heterocycles. The smallest absolute Gasteiger partial charge is 0.338 e. The van der Waals surface area contributed by atoms with Crippen LogP contribution in [0, 0.1) is 0 Å². The third-order valence-electron chi connectivity index (χ3n) is 1.86. The molecule has 88 valence electrons. The van der Waals surface area contributed by atoms with Crippen molar-refractivity contribution in [2.75, 3.05) is 0 Å². The summed E-state index contributed by atoms with van der Waals surface area (Å²) < 4.78 is 4.98. The van der Waals surface area contributed by atoms with Crippen LogP contribution in [0.4, 0.5) is 0 Å². The minimum atomic E-state index is -1.01. The summed E-state index contributed by atoms with van der Waals surface area (Å²) in [6.45, 7) is 5.03. The fourth-order valence-electron chi connectivity index (χ4n) is 1.01. The molecule has 0 aliphatic carbocycles. The first kappa shape index (κ1) is 12.7. The highest BCUT2D eigenvalue weighted by Gasteiger charge is 2.04. The summed E-state index contributed by atoms with van der Waals surface area (Å²) in [6, 6.07) is 6.48. The van der Waals surface area contributed by atoms with Crippen LogP contribution in [0.3, 0.4) is 0 Å². The molecule has 0 fully saturated rings. The topological polar surface area (TPSA) is 63.6 Å². The van der Waals surface area contributed by atoms with E-state index in [9.17, 15) is 9.59 Å². The van der Waals surface area contributed by atoms with Crippen molar-refractivity contribution in [1.82, 2.24) is 0 Å². The molecular weight excluding hydrogens is 220 g/mol. The van der Waals surface area contributed by atoms with Crippen LogP contribution in [0.25, 0.3) is 6.08 Å². The van der Waals surface area contributed by atoms with Gasteiger partial charge in [0.15, 0.2) is 0 Å². The van der Waals surface area contributed by atoms with Crippen LogP contribution in [0.15, 0.2) is 42.5 Å². The third-order valence-corrected chi connectivity index (χ3v) is 1.86. The second-order valence-electron chi connectivity index (χ2n) is 3.41. The zero-order valence-corrected chi connectivity index (χ0v) is 9.34. The molecule has 0 saturated carbocycles. The van der Waals surface area contributed by atoms with Crippen molar-refractivity contribution in [3.05, 3.63) is 48.1 Å². The number of carbonyl (C=O) groups is 2. The van der Waals surface area contributed by atoms with E-state index < -0.39 is 11.9 Å². The number of benzene rings is 1. The quantitative estimate of drug-likeness (QED) is 0.491. The average molecular weight is 232 g/mol. The lowest BCUT2D eigenvalue weighted by Crippen LogP contribution is -2.07. The number of aliphatic carboxylic acids is 1. The first-order chi connectivity index (χ1) is 7.99. The Hall–Kier alpha value is -2.36. The fourth-order valence-corrected chi connectivity index (χ4v) is 1.01. The first-order valence-corrected chi connectivity index (χ1v) is 4.88. The molecule has 0 aliphatic rings. The van der Waals surface area contributed by atoms with E-state index in [1.165, 1.54) is 6.08 Å². The second-order valence-corrected chi connectivity index (χ2v) is 3.41. The van der Waals surface area contributed by atoms with E-state index in [0.717, 1.165) is 6.08 Å². The molecule has 0 amide bonds. The highest BCUT2D eigenvalue weighted by molar-refractivity contribution is 5.89. The van der Waals surface area contributed by atoms with Crippen molar-refractivity contribution in [1.29, 1.82) is 0 Å². The molecule has 0 bridgehead atoms. The largest absolute Gasteiger partial charge is 0.478 e. The summed E-state index contributed by atoms with van der Waals surface area (Å²) in [5, 5.41) is 8.44. The average Bonchev–Trinajstić information content (AvgIpc) is 2.28. The van der Waals surface area contributed by atoms with Crippen LogP contribution in [0.1, 0.15) is 12.5 Å². The molecule has 1 N–H and O–H groups in total. The zero-order valence-electron chi connectivity index (χ0n) is 9.34. The van der Waals surface area contributed by atoms with Crippen LogP contribution >= 0.6 is 0 Å². The monoisotopic (exact) mass is 232 g/mol. The third kappa shape index (κ3) is 4.34. The first-order valence-electron chi connectivity index (χ1n) is 4.88. The summed E-state index contributed by atoms with van der Waals surface area (Å²) in [5.74, 6) is -1.10. The van der Waals surface area contributed by atoms with Gasteiger partial charge in [0, 0.05) is 11.6 Å². The maximum Gasteiger partial charge on any atom is 0.338 e. The molecule has 17 heavy (non-hydrogen) atoms. The number of hydrogen-bond acceptors (Lipinski definition) is 3. The van der Waals surface area contributed by atoms with E-state index >= 15 is 0 Å². The van der Waals surface area contributed by atoms with Gasteiger partial charge >= 0.3 is 11.9 Å². The highest BCUT2D eigenvalue weighted by atomic mass is 16.5. The van der Waals surface area contributed by atoms with Crippen LogP contribution in [0.2, 0.25) is 0 Å². The predicted octanol–water partition coefficient (Wildman–Crippen LogP) is 2.27. The summed E-state index contributed by atoms with van der Waals surface area (Å²) in [4.78, 5) is 21.5. The predicted molar refractivity (Wildman–Crippen MR) is 63.6 cm³/mol. The number of rotatable bonds is 4. The van der Waals surface area contributed by atoms with Crippen molar-refractivity contribution in [3.63, 3.8) is 0 Å². The van der Waals surface area contributed by atoms with Gasteiger partial charge in [-0.1, -0.05) is 18.7 Å². The molecule has 0 heterocycles. The molecule has 0 radical (unpaired) electrons. The van der Waals surface area contributed by atoms with E-state index in [1.54, 1.807) is 31.2 Å². The molecule has 0 aliphatic heterocycles. The van der Waals surface area contributed by atoms with Gasteiger partial charge in [-0.3, -0.25) is 0 Å². The van der Waals surface area contributed by atoms with Gasteiger partial charge in [0.2, 0.25) is 0 Å². The van der Waals surface area contributed by atoms with Gasteiger partial charge in [-0.25, -0.2) is 9.59 Å². The molecule has 4 heteroatoms. The van der Waals surface area contributed by atoms with Crippen molar-refractivity contribution in [2.45, 2.75) is 6.92 Å². The molecule has 1 aromatic rings. The normalized spacial score (nSPS) is 10.2. The Morgan fingerprint density at radius 1 is 1.29 bits per heavy atom. The Morgan fingerprint density at radius 3 is 2.35 bits per heavy atom. The van der Waals surface area contributed by atoms with Crippen molar-refractivity contribution in [3.8, 4) is 5.75 Å². The molecule has 1 aromatic carbocycles. The van der Waals surface area contributed by atoms with E-state index in [-0.39, 0.29) is 0 Å². The van der Waals surface area contributed by atoms with Crippen molar-refractivity contribution in [2.24, 2.45) is 0 Å². The Morgan fingerprint density at radius 2 is 1.88 bits per heavy atom. The van der Waals surface area contributed by atoms with Crippen LogP contribution in [-0.2, 0) is 9.59 Å². The lowest BCUT2D eigenvalue weighted by molar-refractivity contribution is -0.131. The van der Waals surface area contributed by atoms with Gasteiger partial charge in [-0.15, -0.1) is 0 Å². The number of esters is 1. The molecule has 0 unspecified atom stereocenters. The fraction of sp³-hybridized carbons (Fsp3) is 0.0769. The van der Waals surface area contributed by atoms with Crippen LogP contribution in [0.5, 0.6) is 5.75 Å². The van der Waals surface area contributed by atoms with Crippen LogP contribution in [-0.4, -0.2) is 17.0 Å². The Kier molecular flexibility index (Phi) is 4.22. The number of carboxylic acids is 1. The summed E-state index contributed by atoms with van der Waals surface area (Å²) in [5.41, 5.74) is 1.03. The SMILES string of the molecule is C=C(C)C(=O)Oc1ccc(C=CC(=O)O)cc1. The summed E-state index contributed by atoms with van der Waals surface area (Å²) >= 11 is 0. The molecule has 0 spiro atoms. The maximum atomic E-state index is 11.2. The van der Waals surface area contributed by atoms with Gasteiger partial charge in [0.05, 0.1) is 0 Å². The molecule has 1 rings (SSSR count). The van der Waals surface area contributed by atoms with Gasteiger partial charge in [0.1, 0.15) is 5.75 Å². The number of ether oxygens (including phenoxy) is 1. The van der Waals surface area contributed by atoms with E-state index in [2.05, 4.69) is 6.58 Å². The summed E-state index contributed by atoms with van der Waals surface area (Å²) in [7, 11) is 0. The van der Waals surface area contributed by atoms with Gasteiger partial charge in [-0.2, -0.15) is 0 Å². The number of hydrogen-bond donors (Lipinski definition) is 1. The lowest BCUT2D eigenvalue weighted by Gasteiger charge is -2.03. The molecule has 4 nitrogen and oxygen atoms in total. The number of carbonyl (C=O) groups excluding carboxylic acids is 1. The highest BCUT2D eigenvalue weighted by Crippen LogP contribution is 2.14. The van der Waals surface area contributed by atoms with Gasteiger partial charge < -0.3 is 9.84 Å². The van der Waals surface area contributed by atoms with Gasteiger partial charge in [-0.05, 0) is 30.7 Å². The molecule has 0 atom stereocenters. The van der Waals surface area contributed by atoms with E-state index in [4.69, 9.17) is 9.84 Å². The minimum absolute atomic E-state index is 0.319. The molecule has 0 aromatic heterocycles. The van der Waals surface area contributed by atoms with E-state index in [0.29, 0.717) is 16.9 Å². The summed E-state index contributed by atoms with van der Waals surface area (Å²) in [6.07, 6.45) is 2.49. The van der Waals surface area contributed by atoms with Crippen LogP contribution < -0.4 is 4.74 Å². The van der Waals surface area contributed by atoms with Crippen molar-refractivity contribution < 1.29 is 19.4 Å². The lowest BCUT2D eigenvalue weighted by atomic mass is 10.2. The van der Waals surface area contributed by atoms with E-state index in [1.807, 2.05) is 0 Å². The maximum absolute atomic E-state index is 11.2. The Bertz CT molecular complexity index is 469. The Balaban J connectivity index is 2.71. The Labute approximate surface area is 98.8 Å². The van der Waals surface area contributed by atoms with Crippen molar-refractivity contribution >= 4 is 18.0 Å². The second kappa shape index (κ2) is 5.65. The van der Waals surface area contributed by atoms with Gasteiger partial charge in [0.25, 0.3) is 0 Å². The molecular formula is C13H12O4. The standard InChI is InChI=1S/C13H12O4/c1-9(2)13(16)17-11-6-3-10(4-7-11)5-8-12(14)15/h3-8H,1H2,2H3,(H,14,15). The number of carboxylic acid groups (broad SMARTS) is 1.